The van der Waals surface area contributed by atoms with Crippen molar-refractivity contribution in [2.75, 3.05) is 7.11 Å². The first-order valence-electron chi connectivity index (χ1n) is 6.90. The third-order valence-electron chi connectivity index (χ3n) is 4.42. The Morgan fingerprint density at radius 1 is 1.25 bits per heavy atom. The molecule has 1 heterocycles. The Morgan fingerprint density at radius 2 is 2.00 bits per heavy atom. The van der Waals surface area contributed by atoms with E-state index in [1.807, 2.05) is 12.1 Å². The molecule has 1 aromatic rings. The summed E-state index contributed by atoms with van der Waals surface area (Å²) in [6.07, 6.45) is 3.15. The van der Waals surface area contributed by atoms with Crippen LogP contribution in [0.1, 0.15) is 37.2 Å². The monoisotopic (exact) mass is 274 g/mol. The largest absolute Gasteiger partial charge is 0.497 e. The average molecular weight is 274 g/mol. The number of benzene rings is 1. The minimum Gasteiger partial charge on any atom is -0.497 e. The molecule has 20 heavy (non-hydrogen) atoms. The van der Waals surface area contributed by atoms with Crippen LogP contribution in [0.4, 0.5) is 4.79 Å². The van der Waals surface area contributed by atoms with Crippen LogP contribution in [0.3, 0.4) is 0 Å². The highest BCUT2D eigenvalue weighted by molar-refractivity contribution is 6.07. The van der Waals surface area contributed by atoms with Crippen LogP contribution in [-0.2, 0) is 4.79 Å². The fourth-order valence-corrected chi connectivity index (χ4v) is 3.22. The predicted octanol–water partition coefficient (Wildman–Crippen LogP) is 1.93. The van der Waals surface area contributed by atoms with E-state index < -0.39 is 5.54 Å². The summed E-state index contributed by atoms with van der Waals surface area (Å²) in [5.41, 5.74) is 0.566. The summed E-state index contributed by atoms with van der Waals surface area (Å²) in [7, 11) is 1.66. The van der Waals surface area contributed by atoms with Gasteiger partial charge in [-0.15, -0.1) is 0 Å². The highest BCUT2D eigenvalue weighted by Crippen LogP contribution is 2.39. The van der Waals surface area contributed by atoms with Crippen LogP contribution in [0.15, 0.2) is 24.3 Å². The summed E-state index contributed by atoms with van der Waals surface area (Å²) in [6, 6.07) is 7.70. The van der Waals surface area contributed by atoms with Gasteiger partial charge < -0.3 is 10.1 Å². The van der Waals surface area contributed by atoms with E-state index in [-0.39, 0.29) is 11.9 Å². The lowest BCUT2D eigenvalue weighted by atomic mass is 9.74. The lowest BCUT2D eigenvalue weighted by Crippen LogP contribution is -2.49. The molecule has 2 fully saturated rings. The maximum absolute atomic E-state index is 11.9. The highest BCUT2D eigenvalue weighted by atomic mass is 16.5. The molecule has 0 aromatic heterocycles. The third-order valence-corrected chi connectivity index (χ3v) is 4.42. The number of rotatable bonds is 2. The van der Waals surface area contributed by atoms with Gasteiger partial charge in [0.25, 0.3) is 5.91 Å². The summed E-state index contributed by atoms with van der Waals surface area (Å²) in [6.45, 7) is 0. The van der Waals surface area contributed by atoms with Crippen LogP contribution >= 0.6 is 0 Å². The minimum absolute atomic E-state index is 0.174. The van der Waals surface area contributed by atoms with Gasteiger partial charge in [0, 0.05) is 0 Å². The van der Waals surface area contributed by atoms with Crippen molar-refractivity contribution in [2.45, 2.75) is 37.1 Å². The molecule has 5 heteroatoms. The molecule has 1 saturated carbocycles. The zero-order valence-corrected chi connectivity index (χ0v) is 11.4. The number of amides is 3. The van der Waals surface area contributed by atoms with Gasteiger partial charge in [-0.2, -0.15) is 0 Å². The molecule has 1 aromatic carbocycles. The van der Waals surface area contributed by atoms with Gasteiger partial charge in [-0.25, -0.2) is 4.79 Å². The maximum Gasteiger partial charge on any atom is 0.322 e. The van der Waals surface area contributed by atoms with Gasteiger partial charge in [-0.1, -0.05) is 12.1 Å². The molecular weight excluding hydrogens is 256 g/mol. The molecule has 106 valence electrons. The van der Waals surface area contributed by atoms with Crippen LogP contribution < -0.4 is 15.4 Å². The van der Waals surface area contributed by atoms with Gasteiger partial charge >= 0.3 is 6.03 Å². The van der Waals surface area contributed by atoms with Crippen molar-refractivity contribution in [3.05, 3.63) is 29.8 Å². The molecule has 0 atom stereocenters. The number of hydrogen-bond acceptors (Lipinski definition) is 3. The number of urea groups is 1. The van der Waals surface area contributed by atoms with Crippen LogP contribution in [0.5, 0.6) is 5.75 Å². The topological polar surface area (TPSA) is 67.4 Å². The van der Waals surface area contributed by atoms with Crippen molar-refractivity contribution in [1.82, 2.24) is 10.6 Å². The van der Waals surface area contributed by atoms with E-state index in [9.17, 15) is 9.59 Å². The molecule has 0 radical (unpaired) electrons. The van der Waals surface area contributed by atoms with Gasteiger partial charge in [-0.3, -0.25) is 10.1 Å². The number of carbonyl (C=O) groups is 2. The molecule has 5 nitrogen and oxygen atoms in total. The van der Waals surface area contributed by atoms with E-state index in [4.69, 9.17) is 4.74 Å². The van der Waals surface area contributed by atoms with Crippen molar-refractivity contribution in [2.24, 2.45) is 0 Å². The van der Waals surface area contributed by atoms with E-state index in [0.29, 0.717) is 18.8 Å². The molecule has 1 aliphatic carbocycles. The summed E-state index contributed by atoms with van der Waals surface area (Å²) < 4.78 is 5.25. The molecule has 3 rings (SSSR count). The molecule has 1 aliphatic heterocycles. The molecule has 3 amide bonds. The fraction of sp³-hybridized carbons (Fsp3) is 0.467. The molecule has 1 saturated heterocycles. The molecule has 0 unspecified atom stereocenters. The zero-order valence-electron chi connectivity index (χ0n) is 11.4. The minimum atomic E-state index is -0.674. The van der Waals surface area contributed by atoms with Gasteiger partial charge in [0.15, 0.2) is 0 Å². The maximum atomic E-state index is 11.9. The summed E-state index contributed by atoms with van der Waals surface area (Å²) >= 11 is 0. The first-order valence-corrected chi connectivity index (χ1v) is 6.90. The zero-order chi connectivity index (χ0) is 14.2. The van der Waals surface area contributed by atoms with Crippen molar-refractivity contribution in [1.29, 1.82) is 0 Å². The first kappa shape index (κ1) is 13.0. The molecule has 2 N–H and O–H groups in total. The first-order chi connectivity index (χ1) is 9.63. The lowest BCUT2D eigenvalue weighted by Gasteiger charge is -2.34. The summed E-state index contributed by atoms with van der Waals surface area (Å²) in [4.78, 5) is 23.2. The van der Waals surface area contributed by atoms with Crippen molar-refractivity contribution >= 4 is 11.9 Å². The predicted molar refractivity (Wildman–Crippen MR) is 73.6 cm³/mol. The second-order valence-corrected chi connectivity index (χ2v) is 5.54. The van der Waals surface area contributed by atoms with Gasteiger partial charge in [0.1, 0.15) is 11.3 Å². The van der Waals surface area contributed by atoms with Crippen molar-refractivity contribution < 1.29 is 14.3 Å². The number of ether oxygens (including phenoxy) is 1. The van der Waals surface area contributed by atoms with Crippen LogP contribution in [0.25, 0.3) is 0 Å². The number of methoxy groups -OCH3 is 1. The number of hydrogen-bond donors (Lipinski definition) is 2. The Hall–Kier alpha value is -2.04. The van der Waals surface area contributed by atoms with E-state index >= 15 is 0 Å². The fourth-order valence-electron chi connectivity index (χ4n) is 3.22. The summed E-state index contributed by atoms with van der Waals surface area (Å²) in [5.74, 6) is 1.10. The van der Waals surface area contributed by atoms with Crippen molar-refractivity contribution in [3.8, 4) is 5.75 Å². The lowest BCUT2D eigenvalue weighted by molar-refractivity contribution is -0.125. The molecule has 2 aliphatic rings. The molecule has 0 bridgehead atoms. The normalized spacial score (nSPS) is 29.1. The quantitative estimate of drug-likeness (QED) is 0.810. The van der Waals surface area contributed by atoms with E-state index in [0.717, 1.165) is 18.6 Å². The number of carbonyl (C=O) groups excluding carboxylic acids is 2. The van der Waals surface area contributed by atoms with E-state index in [2.05, 4.69) is 22.8 Å². The molecule has 1 spiro atoms. The summed E-state index contributed by atoms with van der Waals surface area (Å²) in [5, 5.41) is 5.13. The average Bonchev–Trinajstić information content (AvgIpc) is 2.74. The standard InChI is InChI=1S/C15H18N2O3/c1-20-12-4-2-3-11(9-12)10-5-7-15(8-6-10)13(18)16-14(19)17-15/h2-4,9-10H,5-8H2,1H3,(H2,16,17,18,19). The van der Waals surface area contributed by atoms with E-state index in [1.54, 1.807) is 7.11 Å². The smallest absolute Gasteiger partial charge is 0.322 e. The van der Waals surface area contributed by atoms with E-state index in [1.165, 1.54) is 5.56 Å². The van der Waals surface area contributed by atoms with Crippen molar-refractivity contribution in [3.63, 3.8) is 0 Å². The number of imide groups is 1. The second-order valence-electron chi connectivity index (χ2n) is 5.54. The second kappa shape index (κ2) is 4.81. The van der Waals surface area contributed by atoms with Gasteiger partial charge in [0.2, 0.25) is 0 Å². The van der Waals surface area contributed by atoms with Gasteiger partial charge in [0.05, 0.1) is 7.11 Å². The Bertz CT molecular complexity index is 548. The molecular formula is C15H18N2O3. The third kappa shape index (κ3) is 2.13. The Morgan fingerprint density at radius 3 is 2.60 bits per heavy atom. The van der Waals surface area contributed by atoms with Crippen LogP contribution in [-0.4, -0.2) is 24.6 Å². The highest BCUT2D eigenvalue weighted by Gasteiger charge is 2.48. The van der Waals surface area contributed by atoms with Gasteiger partial charge in [-0.05, 0) is 49.3 Å². The Labute approximate surface area is 117 Å². The SMILES string of the molecule is COc1cccc(C2CCC3(CC2)NC(=O)NC3=O)c1. The Balaban J connectivity index is 1.72. The Kier molecular flexibility index (Phi) is 3.12. The van der Waals surface area contributed by atoms with Crippen LogP contribution in [0.2, 0.25) is 0 Å². The number of nitrogens with one attached hydrogen (secondary N) is 2. The van der Waals surface area contributed by atoms with Crippen LogP contribution in [0, 0.1) is 0 Å².